The van der Waals surface area contributed by atoms with Gasteiger partial charge < -0.3 is 0 Å². The Labute approximate surface area is 104 Å². The van der Waals surface area contributed by atoms with Crippen LogP contribution in [0.5, 0.6) is 0 Å². The molecule has 0 heterocycles. The fraction of sp³-hybridized carbons (Fsp3) is 0.222. The molecule has 0 saturated carbocycles. The number of alkyl halides is 1. The lowest BCUT2D eigenvalue weighted by atomic mass is 10.1. The Morgan fingerprint density at radius 2 is 2.23 bits per heavy atom. The Balaban J connectivity index is 3.15. The summed E-state index contributed by atoms with van der Waals surface area (Å²) in [4.78, 5) is 10.9. The molecule has 0 bridgehead atoms. The van der Waals surface area contributed by atoms with E-state index in [-0.39, 0.29) is 10.6 Å². The van der Waals surface area contributed by atoms with Crippen LogP contribution >= 0.6 is 50.1 Å². The summed E-state index contributed by atoms with van der Waals surface area (Å²) < 4.78 is 0.929. The van der Waals surface area contributed by atoms with E-state index in [4.69, 9.17) is 11.6 Å². The van der Waals surface area contributed by atoms with Crippen molar-refractivity contribution in [2.75, 3.05) is 0 Å². The quantitative estimate of drug-likeness (QED) is 0.566. The lowest BCUT2D eigenvalue weighted by molar-refractivity contribution is -0.116. The van der Waals surface area contributed by atoms with Crippen molar-refractivity contribution in [2.45, 2.75) is 11.8 Å². The molecule has 13 heavy (non-hydrogen) atoms. The first-order chi connectivity index (χ1) is 6.04. The first-order valence-electron chi connectivity index (χ1n) is 3.62. The van der Waals surface area contributed by atoms with Crippen LogP contribution in [0.15, 0.2) is 18.2 Å². The van der Waals surface area contributed by atoms with Crippen LogP contribution in [-0.2, 0) is 4.79 Å². The van der Waals surface area contributed by atoms with Crippen LogP contribution in [0.4, 0.5) is 0 Å². The largest absolute Gasteiger partial charge is 0.298 e. The number of hydrogen-bond donors (Lipinski definition) is 0. The lowest BCUT2D eigenvalue weighted by Crippen LogP contribution is -2.03. The predicted octanol–water partition coefficient (Wildman–Crippen LogP) is 3.97. The average molecular weight is 373 g/mol. The van der Waals surface area contributed by atoms with Gasteiger partial charge in [0.15, 0.2) is 0 Å². The van der Waals surface area contributed by atoms with Crippen LogP contribution in [0.25, 0.3) is 0 Å². The van der Waals surface area contributed by atoms with E-state index in [9.17, 15) is 4.79 Å². The van der Waals surface area contributed by atoms with Gasteiger partial charge in [-0.1, -0.05) is 39.7 Å². The summed E-state index contributed by atoms with van der Waals surface area (Å²) >= 11 is 11.4. The average Bonchev–Trinajstić information content (AvgIpc) is 2.08. The van der Waals surface area contributed by atoms with Crippen molar-refractivity contribution in [3.05, 3.63) is 32.4 Å². The topological polar surface area (TPSA) is 17.1 Å². The maximum Gasteiger partial charge on any atom is 0.147 e. The number of rotatable bonds is 2. The zero-order valence-corrected chi connectivity index (χ0v) is 11.4. The van der Waals surface area contributed by atoms with Gasteiger partial charge in [-0.25, -0.2) is 0 Å². The van der Waals surface area contributed by atoms with Crippen LogP contribution in [0.2, 0.25) is 5.02 Å². The Morgan fingerprint density at radius 3 is 2.77 bits per heavy atom. The van der Waals surface area contributed by atoms with Crippen LogP contribution < -0.4 is 0 Å². The van der Waals surface area contributed by atoms with Gasteiger partial charge >= 0.3 is 0 Å². The van der Waals surface area contributed by atoms with Gasteiger partial charge in [0.2, 0.25) is 0 Å². The second-order valence-corrected chi connectivity index (χ2v) is 5.02. The second kappa shape index (κ2) is 4.75. The van der Waals surface area contributed by atoms with Crippen molar-refractivity contribution >= 4 is 55.9 Å². The van der Waals surface area contributed by atoms with Gasteiger partial charge in [0.25, 0.3) is 0 Å². The molecule has 1 nitrogen and oxygen atoms in total. The minimum Gasteiger partial charge on any atom is -0.298 e. The highest BCUT2D eigenvalue weighted by Gasteiger charge is 2.16. The summed E-state index contributed by atoms with van der Waals surface area (Å²) in [6, 6.07) is 5.55. The summed E-state index contributed by atoms with van der Waals surface area (Å²) in [6.45, 7) is 1.55. The maximum atomic E-state index is 11.1. The maximum absolute atomic E-state index is 11.1. The second-order valence-electron chi connectivity index (χ2n) is 2.62. The van der Waals surface area contributed by atoms with E-state index in [1.165, 1.54) is 0 Å². The van der Waals surface area contributed by atoms with E-state index < -0.39 is 0 Å². The molecule has 1 rings (SSSR count). The predicted molar refractivity (Wildman–Crippen MR) is 66.5 cm³/mol. The molecular weight excluding hydrogens is 366 g/mol. The highest BCUT2D eigenvalue weighted by Crippen LogP contribution is 2.31. The third kappa shape index (κ3) is 2.67. The fourth-order valence-electron chi connectivity index (χ4n) is 0.935. The van der Waals surface area contributed by atoms with Crippen LogP contribution in [-0.4, -0.2) is 5.78 Å². The van der Waals surface area contributed by atoms with E-state index >= 15 is 0 Å². The molecule has 4 heteroatoms. The number of benzene rings is 1. The molecule has 0 aliphatic carbocycles. The minimum absolute atomic E-state index is 0.0835. The van der Waals surface area contributed by atoms with Crippen LogP contribution in [0, 0.1) is 3.57 Å². The van der Waals surface area contributed by atoms with Crippen molar-refractivity contribution in [2.24, 2.45) is 0 Å². The molecule has 0 spiro atoms. The number of ketones is 1. The molecule has 1 aromatic carbocycles. The van der Waals surface area contributed by atoms with Gasteiger partial charge in [-0.2, -0.15) is 0 Å². The van der Waals surface area contributed by atoms with E-state index in [1.54, 1.807) is 6.92 Å². The van der Waals surface area contributed by atoms with Gasteiger partial charge in [0, 0.05) is 3.57 Å². The summed E-state index contributed by atoms with van der Waals surface area (Å²) in [7, 11) is 0. The molecule has 1 aromatic rings. The zero-order chi connectivity index (χ0) is 10.0. The molecule has 0 aliphatic rings. The molecular formula is C9H7BrClIO. The van der Waals surface area contributed by atoms with Gasteiger partial charge in [-0.3, -0.25) is 4.79 Å². The summed E-state index contributed by atoms with van der Waals surface area (Å²) in [5.74, 6) is 0.0835. The smallest absolute Gasteiger partial charge is 0.147 e. The fourth-order valence-corrected chi connectivity index (χ4v) is 2.60. The van der Waals surface area contributed by atoms with Crippen molar-refractivity contribution in [1.29, 1.82) is 0 Å². The molecule has 0 amide bonds. The normalized spacial score (nSPS) is 12.6. The van der Waals surface area contributed by atoms with E-state index in [1.807, 2.05) is 18.2 Å². The number of carbonyl (C=O) groups excluding carboxylic acids is 1. The Morgan fingerprint density at radius 1 is 1.62 bits per heavy atom. The molecule has 0 aromatic heterocycles. The first-order valence-corrected chi connectivity index (χ1v) is 5.99. The van der Waals surface area contributed by atoms with E-state index in [0.717, 1.165) is 9.13 Å². The van der Waals surface area contributed by atoms with E-state index in [0.29, 0.717) is 5.02 Å². The molecule has 1 atom stereocenters. The van der Waals surface area contributed by atoms with Gasteiger partial charge in [0.1, 0.15) is 5.78 Å². The monoisotopic (exact) mass is 372 g/mol. The molecule has 0 N–H and O–H groups in total. The summed E-state index contributed by atoms with van der Waals surface area (Å²) in [6.07, 6.45) is 0. The molecule has 0 saturated heterocycles. The standard InChI is InChI=1S/C9H7BrClIO/c1-5(13)8(10)6-3-2-4-7(11)9(6)12/h2-4,8H,1H3. The highest BCUT2D eigenvalue weighted by atomic mass is 127. The Kier molecular flexibility index (Phi) is 4.19. The van der Waals surface area contributed by atoms with E-state index in [2.05, 4.69) is 38.5 Å². The molecule has 0 aliphatic heterocycles. The van der Waals surface area contributed by atoms with Gasteiger partial charge in [-0.05, 0) is 41.1 Å². The molecule has 1 unspecified atom stereocenters. The van der Waals surface area contributed by atoms with Crippen molar-refractivity contribution in [3.8, 4) is 0 Å². The van der Waals surface area contributed by atoms with Gasteiger partial charge in [0.05, 0.1) is 9.85 Å². The van der Waals surface area contributed by atoms with Crippen molar-refractivity contribution in [1.82, 2.24) is 0 Å². The third-order valence-corrected chi connectivity index (χ3v) is 4.59. The highest BCUT2D eigenvalue weighted by molar-refractivity contribution is 14.1. The number of carbonyl (C=O) groups is 1. The Bertz CT molecular complexity index is 340. The molecule has 0 radical (unpaired) electrons. The van der Waals surface area contributed by atoms with Crippen molar-refractivity contribution < 1.29 is 4.79 Å². The lowest BCUT2D eigenvalue weighted by Gasteiger charge is -2.09. The summed E-state index contributed by atoms with van der Waals surface area (Å²) in [5, 5.41) is 0.684. The van der Waals surface area contributed by atoms with Crippen LogP contribution in [0.3, 0.4) is 0 Å². The molecule has 0 fully saturated rings. The van der Waals surface area contributed by atoms with Crippen molar-refractivity contribution in [3.63, 3.8) is 0 Å². The van der Waals surface area contributed by atoms with Gasteiger partial charge in [-0.15, -0.1) is 0 Å². The third-order valence-electron chi connectivity index (χ3n) is 1.61. The number of Topliss-reactive ketones (excluding diaryl/α,β-unsaturated/α-hetero) is 1. The first kappa shape index (κ1) is 11.5. The summed E-state index contributed by atoms with van der Waals surface area (Å²) in [5.41, 5.74) is 0.931. The Hall–Kier alpha value is 0.390. The number of halogens is 3. The van der Waals surface area contributed by atoms with Crippen LogP contribution in [0.1, 0.15) is 17.3 Å². The number of hydrogen-bond acceptors (Lipinski definition) is 1. The SMILES string of the molecule is CC(=O)C(Br)c1cccc(Cl)c1I. The minimum atomic E-state index is -0.252. The molecule has 70 valence electrons. The zero-order valence-electron chi connectivity index (χ0n) is 6.85.